The molecule has 0 aromatic carbocycles. The molecule has 6 nitrogen and oxygen atoms in total. The van der Waals surface area contributed by atoms with Crippen LogP contribution in [0.1, 0.15) is 35.3 Å². The molecule has 1 aliphatic carbocycles. The molecule has 20 heavy (non-hydrogen) atoms. The second-order valence-electron chi connectivity index (χ2n) is 5.48. The summed E-state index contributed by atoms with van der Waals surface area (Å²) >= 11 is 0. The zero-order valence-corrected chi connectivity index (χ0v) is 12.4. The molecule has 0 saturated heterocycles. The van der Waals surface area contributed by atoms with E-state index >= 15 is 0 Å². The standard InChI is InChI=1S/C14H25N5O/c1-11-13(10-17-19(11)8-3-6-15)14(20)16-7-9-18(2)12-4-5-12/h10,12H,3-9,15H2,1-2H3,(H,16,20). The maximum atomic E-state index is 12.1. The molecule has 1 saturated carbocycles. The van der Waals surface area contributed by atoms with E-state index in [1.807, 2.05) is 11.6 Å². The highest BCUT2D eigenvalue weighted by Crippen LogP contribution is 2.24. The first-order valence-electron chi connectivity index (χ1n) is 7.34. The third-order valence-corrected chi connectivity index (χ3v) is 3.84. The molecule has 6 heteroatoms. The molecule has 1 amide bonds. The predicted octanol–water partition coefficient (Wildman–Crippen LogP) is 0.364. The summed E-state index contributed by atoms with van der Waals surface area (Å²) in [6.07, 6.45) is 5.09. The van der Waals surface area contributed by atoms with E-state index in [1.165, 1.54) is 12.8 Å². The van der Waals surface area contributed by atoms with Crippen molar-refractivity contribution in [1.29, 1.82) is 0 Å². The minimum absolute atomic E-state index is 0.0364. The van der Waals surface area contributed by atoms with E-state index < -0.39 is 0 Å². The second kappa shape index (κ2) is 6.85. The summed E-state index contributed by atoms with van der Waals surface area (Å²) < 4.78 is 1.85. The van der Waals surface area contributed by atoms with Gasteiger partial charge in [-0.05, 0) is 39.8 Å². The van der Waals surface area contributed by atoms with E-state index in [-0.39, 0.29) is 5.91 Å². The highest BCUT2D eigenvalue weighted by atomic mass is 16.1. The Bertz CT molecular complexity index is 452. The van der Waals surface area contributed by atoms with Crippen molar-refractivity contribution in [2.45, 2.75) is 38.8 Å². The number of aromatic nitrogens is 2. The third-order valence-electron chi connectivity index (χ3n) is 3.84. The Morgan fingerprint density at radius 1 is 1.60 bits per heavy atom. The summed E-state index contributed by atoms with van der Waals surface area (Å²) in [6.45, 7) is 4.90. The number of rotatable bonds is 8. The molecule has 0 atom stereocenters. The van der Waals surface area contributed by atoms with Crippen molar-refractivity contribution >= 4 is 5.91 Å². The van der Waals surface area contributed by atoms with Gasteiger partial charge < -0.3 is 16.0 Å². The van der Waals surface area contributed by atoms with Crippen molar-refractivity contribution < 1.29 is 4.79 Å². The second-order valence-corrected chi connectivity index (χ2v) is 5.48. The molecule has 1 aromatic rings. The summed E-state index contributed by atoms with van der Waals surface area (Å²) in [7, 11) is 2.11. The van der Waals surface area contributed by atoms with Crippen molar-refractivity contribution in [2.24, 2.45) is 5.73 Å². The highest BCUT2D eigenvalue weighted by molar-refractivity contribution is 5.95. The lowest BCUT2D eigenvalue weighted by Crippen LogP contribution is -2.34. The lowest BCUT2D eigenvalue weighted by Gasteiger charge is -2.15. The Labute approximate surface area is 120 Å². The number of carbonyl (C=O) groups excluding carboxylic acids is 1. The van der Waals surface area contributed by atoms with Crippen LogP contribution in [-0.2, 0) is 6.54 Å². The first-order chi connectivity index (χ1) is 9.63. The van der Waals surface area contributed by atoms with Gasteiger partial charge in [-0.2, -0.15) is 5.10 Å². The van der Waals surface area contributed by atoms with Gasteiger partial charge in [0.25, 0.3) is 5.91 Å². The molecule has 0 bridgehead atoms. The molecule has 0 aliphatic heterocycles. The van der Waals surface area contributed by atoms with Gasteiger partial charge in [-0.3, -0.25) is 9.48 Å². The number of hydrogen-bond donors (Lipinski definition) is 2. The van der Waals surface area contributed by atoms with E-state index in [9.17, 15) is 4.79 Å². The van der Waals surface area contributed by atoms with Crippen molar-refractivity contribution in [3.63, 3.8) is 0 Å². The van der Waals surface area contributed by atoms with Gasteiger partial charge >= 0.3 is 0 Å². The molecular weight excluding hydrogens is 254 g/mol. The molecule has 2 rings (SSSR count). The van der Waals surface area contributed by atoms with Gasteiger partial charge in [0.15, 0.2) is 0 Å². The molecule has 0 spiro atoms. The summed E-state index contributed by atoms with van der Waals surface area (Å²) in [4.78, 5) is 14.4. The number of aryl methyl sites for hydroxylation is 1. The van der Waals surface area contributed by atoms with Crippen LogP contribution in [0.4, 0.5) is 0 Å². The SMILES string of the molecule is Cc1c(C(=O)NCCN(C)C2CC2)cnn1CCCN. The van der Waals surface area contributed by atoms with Gasteiger partial charge in [-0.1, -0.05) is 0 Å². The molecule has 1 fully saturated rings. The van der Waals surface area contributed by atoms with E-state index in [0.717, 1.165) is 31.2 Å². The lowest BCUT2D eigenvalue weighted by atomic mass is 10.2. The average molecular weight is 279 g/mol. The molecule has 112 valence electrons. The molecule has 3 N–H and O–H groups in total. The zero-order chi connectivity index (χ0) is 14.5. The normalized spacial score (nSPS) is 14.8. The largest absolute Gasteiger partial charge is 0.351 e. The smallest absolute Gasteiger partial charge is 0.254 e. The van der Waals surface area contributed by atoms with Gasteiger partial charge in [0, 0.05) is 31.4 Å². The summed E-state index contributed by atoms with van der Waals surface area (Å²) in [6, 6.07) is 0.729. The number of nitrogens with two attached hydrogens (primary N) is 1. The first kappa shape index (κ1) is 15.0. The van der Waals surface area contributed by atoms with Gasteiger partial charge in [-0.15, -0.1) is 0 Å². The molecule has 1 heterocycles. The Morgan fingerprint density at radius 3 is 3.00 bits per heavy atom. The number of nitrogens with one attached hydrogen (secondary N) is 1. The van der Waals surface area contributed by atoms with Crippen LogP contribution in [0.15, 0.2) is 6.20 Å². The van der Waals surface area contributed by atoms with Crippen molar-refractivity contribution in [3.8, 4) is 0 Å². The minimum atomic E-state index is -0.0364. The molecular formula is C14H25N5O. The van der Waals surface area contributed by atoms with Gasteiger partial charge in [0.1, 0.15) is 0 Å². The van der Waals surface area contributed by atoms with Crippen LogP contribution >= 0.6 is 0 Å². The number of carbonyl (C=O) groups is 1. The zero-order valence-electron chi connectivity index (χ0n) is 12.4. The monoisotopic (exact) mass is 279 g/mol. The van der Waals surface area contributed by atoms with Gasteiger partial charge in [0.05, 0.1) is 11.8 Å². The lowest BCUT2D eigenvalue weighted by molar-refractivity contribution is 0.0948. The van der Waals surface area contributed by atoms with Crippen molar-refractivity contribution in [2.75, 3.05) is 26.7 Å². The maximum Gasteiger partial charge on any atom is 0.254 e. The quantitative estimate of drug-likeness (QED) is 0.720. The molecule has 1 aliphatic rings. The van der Waals surface area contributed by atoms with Gasteiger partial charge in [0.2, 0.25) is 0 Å². The van der Waals surface area contributed by atoms with E-state index in [4.69, 9.17) is 5.73 Å². The molecule has 0 unspecified atom stereocenters. The Morgan fingerprint density at radius 2 is 2.35 bits per heavy atom. The van der Waals surface area contributed by atoms with Crippen LogP contribution in [0, 0.1) is 6.92 Å². The highest BCUT2D eigenvalue weighted by Gasteiger charge is 2.25. The molecule has 0 radical (unpaired) electrons. The number of amides is 1. The van der Waals surface area contributed by atoms with Crippen LogP contribution in [0.2, 0.25) is 0 Å². The van der Waals surface area contributed by atoms with Crippen LogP contribution in [0.3, 0.4) is 0 Å². The number of likely N-dealkylation sites (N-methyl/N-ethyl adjacent to an activating group) is 1. The minimum Gasteiger partial charge on any atom is -0.351 e. The summed E-state index contributed by atoms with van der Waals surface area (Å²) in [5, 5.41) is 7.21. The third kappa shape index (κ3) is 3.80. The fourth-order valence-corrected chi connectivity index (χ4v) is 2.27. The topological polar surface area (TPSA) is 76.2 Å². The Balaban J connectivity index is 1.80. The van der Waals surface area contributed by atoms with E-state index in [0.29, 0.717) is 18.7 Å². The van der Waals surface area contributed by atoms with Gasteiger partial charge in [-0.25, -0.2) is 0 Å². The fourth-order valence-electron chi connectivity index (χ4n) is 2.27. The number of hydrogen-bond acceptors (Lipinski definition) is 4. The number of nitrogens with zero attached hydrogens (tertiary/aromatic N) is 3. The van der Waals surface area contributed by atoms with Crippen LogP contribution in [0.5, 0.6) is 0 Å². The fraction of sp³-hybridized carbons (Fsp3) is 0.714. The maximum absolute atomic E-state index is 12.1. The summed E-state index contributed by atoms with van der Waals surface area (Å²) in [5.41, 5.74) is 7.06. The van der Waals surface area contributed by atoms with Crippen molar-refractivity contribution in [1.82, 2.24) is 20.0 Å². The van der Waals surface area contributed by atoms with Crippen LogP contribution in [0.25, 0.3) is 0 Å². The Hall–Kier alpha value is -1.40. The molecule has 1 aromatic heterocycles. The Kier molecular flexibility index (Phi) is 5.14. The average Bonchev–Trinajstić information content (AvgIpc) is 3.21. The van der Waals surface area contributed by atoms with E-state index in [2.05, 4.69) is 22.4 Å². The van der Waals surface area contributed by atoms with E-state index in [1.54, 1.807) is 6.20 Å². The summed E-state index contributed by atoms with van der Waals surface area (Å²) in [5.74, 6) is -0.0364. The van der Waals surface area contributed by atoms with Crippen LogP contribution < -0.4 is 11.1 Å². The van der Waals surface area contributed by atoms with Crippen LogP contribution in [-0.4, -0.2) is 53.3 Å². The first-order valence-corrected chi connectivity index (χ1v) is 7.34. The van der Waals surface area contributed by atoms with Crippen molar-refractivity contribution in [3.05, 3.63) is 17.5 Å². The predicted molar refractivity (Wildman–Crippen MR) is 78.6 cm³/mol.